The maximum atomic E-state index is 13.2. The number of ketones is 1. The molecule has 0 unspecified atom stereocenters. The van der Waals surface area contributed by atoms with Gasteiger partial charge in [-0.2, -0.15) is 0 Å². The van der Waals surface area contributed by atoms with Crippen molar-refractivity contribution in [2.45, 2.75) is 17.7 Å². The Morgan fingerprint density at radius 2 is 2.15 bits per heavy atom. The molecule has 0 aromatic heterocycles. The lowest BCUT2D eigenvalue weighted by molar-refractivity contribution is 0.0992. The van der Waals surface area contributed by atoms with E-state index in [1.54, 1.807) is 6.07 Å². The predicted molar refractivity (Wildman–Crippen MR) is 50.8 cm³/mol. The molecule has 3 heteroatoms. The van der Waals surface area contributed by atoms with E-state index in [0.717, 1.165) is 4.90 Å². The van der Waals surface area contributed by atoms with Crippen LogP contribution in [-0.4, -0.2) is 12.0 Å². The Labute approximate surface area is 80.3 Å². The van der Waals surface area contributed by atoms with E-state index in [-0.39, 0.29) is 11.6 Å². The molecule has 0 amide bonds. The Morgan fingerprint density at radius 1 is 1.38 bits per heavy atom. The fourth-order valence-electron chi connectivity index (χ4n) is 1.68. The number of benzene rings is 1. The molecule has 2 rings (SSSR count). The van der Waals surface area contributed by atoms with Crippen molar-refractivity contribution in [2.24, 2.45) is 0 Å². The number of halogens is 1. The highest BCUT2D eigenvalue weighted by atomic mass is 32.2. The van der Waals surface area contributed by atoms with Gasteiger partial charge in [0.1, 0.15) is 5.82 Å². The number of Topliss-reactive ketones (excluding diaryl/α,β-unsaturated/α-hetero) is 1. The molecule has 13 heavy (non-hydrogen) atoms. The van der Waals surface area contributed by atoms with Crippen molar-refractivity contribution in [1.82, 2.24) is 0 Å². The summed E-state index contributed by atoms with van der Waals surface area (Å²) >= 11 is 1.50. The van der Waals surface area contributed by atoms with Gasteiger partial charge in [-0.3, -0.25) is 4.79 Å². The molecule has 0 heterocycles. The van der Waals surface area contributed by atoms with Crippen LogP contribution in [0.3, 0.4) is 0 Å². The molecule has 1 aromatic carbocycles. The van der Waals surface area contributed by atoms with Crippen molar-refractivity contribution >= 4 is 17.5 Å². The first kappa shape index (κ1) is 8.75. The van der Waals surface area contributed by atoms with Crippen molar-refractivity contribution < 1.29 is 9.18 Å². The van der Waals surface area contributed by atoms with Crippen molar-refractivity contribution in [2.75, 3.05) is 6.26 Å². The minimum Gasteiger partial charge on any atom is -0.294 e. The number of hydrogen-bond acceptors (Lipinski definition) is 2. The number of carbonyl (C=O) groups is 1. The molecule has 0 saturated carbocycles. The van der Waals surface area contributed by atoms with Gasteiger partial charge in [0, 0.05) is 22.4 Å². The van der Waals surface area contributed by atoms with E-state index in [1.165, 1.54) is 17.8 Å². The first-order chi connectivity index (χ1) is 6.24. The van der Waals surface area contributed by atoms with Gasteiger partial charge in [-0.15, -0.1) is 11.8 Å². The summed E-state index contributed by atoms with van der Waals surface area (Å²) in [5.74, 6) is -0.155. The van der Waals surface area contributed by atoms with Crippen LogP contribution in [0.4, 0.5) is 4.39 Å². The Kier molecular flexibility index (Phi) is 2.12. The average Bonchev–Trinajstić information content (AvgIpc) is 2.51. The third-order valence-corrected chi connectivity index (χ3v) is 3.10. The summed E-state index contributed by atoms with van der Waals surface area (Å²) in [6.07, 6.45) is 2.93. The quantitative estimate of drug-likeness (QED) is 0.642. The van der Waals surface area contributed by atoms with Gasteiger partial charge in [0.25, 0.3) is 0 Å². The fraction of sp³-hybridized carbons (Fsp3) is 0.300. The fourth-order valence-corrected chi connectivity index (χ4v) is 2.33. The number of carbonyl (C=O) groups excluding carboxylic acids is 1. The van der Waals surface area contributed by atoms with Crippen molar-refractivity contribution in [1.29, 1.82) is 0 Å². The van der Waals surface area contributed by atoms with Gasteiger partial charge in [-0.25, -0.2) is 4.39 Å². The topological polar surface area (TPSA) is 17.1 Å². The van der Waals surface area contributed by atoms with E-state index in [2.05, 4.69) is 0 Å². The van der Waals surface area contributed by atoms with Crippen LogP contribution < -0.4 is 0 Å². The monoisotopic (exact) mass is 196 g/mol. The molecule has 1 aliphatic rings. The second-order valence-electron chi connectivity index (χ2n) is 3.03. The summed E-state index contributed by atoms with van der Waals surface area (Å²) in [7, 11) is 0. The third kappa shape index (κ3) is 1.27. The van der Waals surface area contributed by atoms with Crippen LogP contribution in [0.25, 0.3) is 0 Å². The molecule has 0 spiro atoms. The Balaban J connectivity index is 2.66. The van der Waals surface area contributed by atoms with Crippen molar-refractivity contribution in [3.8, 4) is 0 Å². The summed E-state index contributed by atoms with van der Waals surface area (Å²) < 4.78 is 13.2. The lowest BCUT2D eigenvalue weighted by Crippen LogP contribution is -1.96. The highest BCUT2D eigenvalue weighted by Gasteiger charge is 2.25. The van der Waals surface area contributed by atoms with Gasteiger partial charge in [0.2, 0.25) is 0 Å². The van der Waals surface area contributed by atoms with Gasteiger partial charge >= 0.3 is 0 Å². The normalized spacial score (nSPS) is 14.8. The molecule has 68 valence electrons. The molecule has 1 nitrogen and oxygen atoms in total. The van der Waals surface area contributed by atoms with Crippen molar-refractivity contribution in [3.63, 3.8) is 0 Å². The van der Waals surface area contributed by atoms with Crippen LogP contribution in [0.5, 0.6) is 0 Å². The first-order valence-electron chi connectivity index (χ1n) is 4.12. The number of thioether (sulfide) groups is 1. The van der Waals surface area contributed by atoms with E-state index in [9.17, 15) is 9.18 Å². The molecule has 0 aliphatic heterocycles. The molecule has 0 atom stereocenters. The van der Waals surface area contributed by atoms with Gasteiger partial charge in [0.15, 0.2) is 5.78 Å². The van der Waals surface area contributed by atoms with Crippen LogP contribution >= 0.6 is 11.8 Å². The van der Waals surface area contributed by atoms with E-state index in [0.29, 0.717) is 24.0 Å². The molecule has 0 N–H and O–H groups in total. The maximum Gasteiger partial charge on any atom is 0.164 e. The summed E-state index contributed by atoms with van der Waals surface area (Å²) in [6, 6.07) is 3.13. The van der Waals surface area contributed by atoms with Gasteiger partial charge in [-0.1, -0.05) is 0 Å². The van der Waals surface area contributed by atoms with Crippen LogP contribution in [0.15, 0.2) is 17.0 Å². The number of hydrogen-bond donors (Lipinski definition) is 0. The van der Waals surface area contributed by atoms with E-state index < -0.39 is 0 Å². The minimum atomic E-state index is -0.237. The van der Waals surface area contributed by atoms with Crippen LogP contribution in [0.1, 0.15) is 22.3 Å². The third-order valence-electron chi connectivity index (χ3n) is 2.32. The van der Waals surface area contributed by atoms with E-state index in [1.807, 2.05) is 6.26 Å². The summed E-state index contributed by atoms with van der Waals surface area (Å²) in [6.45, 7) is 0. The second kappa shape index (κ2) is 3.14. The SMILES string of the molecule is CSc1ccc(F)c2c1C(=O)CC2. The number of fused-ring (bicyclic) bond motifs is 1. The zero-order valence-electron chi connectivity index (χ0n) is 7.26. The molecule has 0 radical (unpaired) electrons. The summed E-state index contributed by atoms with van der Waals surface area (Å²) in [5.41, 5.74) is 1.23. The van der Waals surface area contributed by atoms with Crippen LogP contribution in [-0.2, 0) is 6.42 Å². The highest BCUT2D eigenvalue weighted by molar-refractivity contribution is 7.98. The molecular formula is C10H9FOS. The largest absolute Gasteiger partial charge is 0.294 e. The Bertz CT molecular complexity index is 373. The maximum absolute atomic E-state index is 13.2. The molecule has 1 aliphatic carbocycles. The average molecular weight is 196 g/mol. The van der Waals surface area contributed by atoms with Gasteiger partial charge < -0.3 is 0 Å². The Morgan fingerprint density at radius 3 is 2.85 bits per heavy atom. The number of rotatable bonds is 1. The van der Waals surface area contributed by atoms with E-state index in [4.69, 9.17) is 0 Å². The highest BCUT2D eigenvalue weighted by Crippen LogP contribution is 2.32. The van der Waals surface area contributed by atoms with Gasteiger partial charge in [-0.05, 0) is 24.8 Å². The van der Waals surface area contributed by atoms with E-state index >= 15 is 0 Å². The second-order valence-corrected chi connectivity index (χ2v) is 3.87. The first-order valence-corrected chi connectivity index (χ1v) is 5.35. The standard InChI is InChI=1S/C10H9FOS/c1-13-9-5-3-7(11)6-2-4-8(12)10(6)9/h3,5H,2,4H2,1H3. The lowest BCUT2D eigenvalue weighted by Gasteiger charge is -2.04. The van der Waals surface area contributed by atoms with Crippen LogP contribution in [0, 0.1) is 5.82 Å². The summed E-state index contributed by atoms with van der Waals surface area (Å²) in [5, 5.41) is 0. The lowest BCUT2D eigenvalue weighted by atomic mass is 10.1. The predicted octanol–water partition coefficient (Wildman–Crippen LogP) is 2.68. The zero-order valence-corrected chi connectivity index (χ0v) is 8.08. The minimum absolute atomic E-state index is 0.0823. The Hall–Kier alpha value is -0.830. The molecule has 1 aromatic rings. The van der Waals surface area contributed by atoms with Gasteiger partial charge in [0.05, 0.1) is 0 Å². The smallest absolute Gasteiger partial charge is 0.164 e. The molecule has 0 bridgehead atoms. The zero-order chi connectivity index (χ0) is 9.42. The molecular weight excluding hydrogens is 187 g/mol. The molecule has 0 fully saturated rings. The summed E-state index contributed by atoms with van der Waals surface area (Å²) in [4.78, 5) is 12.3. The molecule has 0 saturated heterocycles. The van der Waals surface area contributed by atoms with Crippen LogP contribution in [0.2, 0.25) is 0 Å². The van der Waals surface area contributed by atoms with Crippen molar-refractivity contribution in [3.05, 3.63) is 29.1 Å².